The Hall–Kier alpha value is -0.830. The van der Waals surface area contributed by atoms with E-state index in [1.54, 1.807) is 13.0 Å². The van der Waals surface area contributed by atoms with Crippen molar-refractivity contribution in [2.24, 2.45) is 0 Å². The van der Waals surface area contributed by atoms with Crippen molar-refractivity contribution in [1.82, 2.24) is 0 Å². The topological polar surface area (TPSA) is 46.5 Å². The van der Waals surface area contributed by atoms with Gasteiger partial charge in [-0.05, 0) is 6.92 Å². The van der Waals surface area contributed by atoms with Crippen molar-refractivity contribution in [2.45, 2.75) is 19.4 Å². The van der Waals surface area contributed by atoms with Crippen LogP contribution in [-0.2, 0) is 9.53 Å². The monoisotopic (exact) mass is 144 g/mol. The normalized spacial score (nSPS) is 13.5. The Labute approximate surface area is 60.3 Å². The number of rotatable bonds is 3. The maximum Gasteiger partial charge on any atom is 0.308 e. The highest BCUT2D eigenvalue weighted by atomic mass is 16.5. The van der Waals surface area contributed by atoms with E-state index in [1.807, 2.05) is 0 Å². The second-order valence-corrected chi connectivity index (χ2v) is 1.87. The summed E-state index contributed by atoms with van der Waals surface area (Å²) in [6, 6.07) is 0. The summed E-state index contributed by atoms with van der Waals surface area (Å²) < 4.78 is 4.33. The molecule has 0 saturated heterocycles. The molecule has 0 rings (SSSR count). The lowest BCUT2D eigenvalue weighted by molar-refractivity contribution is -0.142. The average molecular weight is 144 g/mol. The highest BCUT2D eigenvalue weighted by Crippen LogP contribution is 1.94. The van der Waals surface area contributed by atoms with E-state index < -0.39 is 12.1 Å². The van der Waals surface area contributed by atoms with Crippen LogP contribution in [0.1, 0.15) is 13.3 Å². The van der Waals surface area contributed by atoms with Crippen molar-refractivity contribution in [3.05, 3.63) is 12.2 Å². The zero-order chi connectivity index (χ0) is 7.98. The first kappa shape index (κ1) is 9.17. The Balaban J connectivity index is 3.57. The Morgan fingerprint density at radius 2 is 2.40 bits per heavy atom. The summed E-state index contributed by atoms with van der Waals surface area (Å²) in [7, 11) is 1.30. The molecule has 58 valence electrons. The van der Waals surface area contributed by atoms with Crippen molar-refractivity contribution >= 4 is 5.97 Å². The second kappa shape index (κ2) is 4.99. The lowest BCUT2D eigenvalue weighted by Gasteiger charge is -2.01. The predicted molar refractivity (Wildman–Crippen MR) is 37.5 cm³/mol. The minimum atomic E-state index is -0.711. The number of methoxy groups -OCH3 is 1. The van der Waals surface area contributed by atoms with Crippen molar-refractivity contribution in [1.29, 1.82) is 0 Å². The van der Waals surface area contributed by atoms with E-state index in [9.17, 15) is 4.79 Å². The molecule has 0 aromatic rings. The second-order valence-electron chi connectivity index (χ2n) is 1.87. The van der Waals surface area contributed by atoms with Gasteiger partial charge in [-0.3, -0.25) is 4.79 Å². The number of ether oxygens (including phenoxy) is 1. The Morgan fingerprint density at radius 3 is 2.80 bits per heavy atom. The van der Waals surface area contributed by atoms with Crippen molar-refractivity contribution in [3.63, 3.8) is 0 Å². The molecule has 0 aliphatic rings. The van der Waals surface area contributed by atoms with Crippen LogP contribution >= 0.6 is 0 Å². The Morgan fingerprint density at radius 1 is 1.80 bits per heavy atom. The van der Waals surface area contributed by atoms with E-state index in [0.29, 0.717) is 0 Å². The van der Waals surface area contributed by atoms with Crippen LogP contribution < -0.4 is 0 Å². The SMILES string of the molecule is CC=CC(O)CC(=O)OC. The van der Waals surface area contributed by atoms with Gasteiger partial charge in [0, 0.05) is 0 Å². The lowest BCUT2D eigenvalue weighted by Crippen LogP contribution is -2.11. The number of aliphatic hydroxyl groups excluding tert-OH is 1. The Bertz CT molecular complexity index is 129. The molecule has 0 spiro atoms. The van der Waals surface area contributed by atoms with E-state index in [0.717, 1.165) is 0 Å². The molecular formula is C7H12O3. The molecule has 0 aromatic carbocycles. The molecule has 0 amide bonds. The highest BCUT2D eigenvalue weighted by molar-refractivity contribution is 5.69. The largest absolute Gasteiger partial charge is 0.469 e. The van der Waals surface area contributed by atoms with E-state index in [1.165, 1.54) is 13.2 Å². The maximum absolute atomic E-state index is 10.5. The molecule has 10 heavy (non-hydrogen) atoms. The smallest absolute Gasteiger partial charge is 0.308 e. The van der Waals surface area contributed by atoms with Gasteiger partial charge in [-0.25, -0.2) is 0 Å². The summed E-state index contributed by atoms with van der Waals surface area (Å²) >= 11 is 0. The van der Waals surface area contributed by atoms with Crippen LogP contribution in [0, 0.1) is 0 Å². The van der Waals surface area contributed by atoms with Gasteiger partial charge in [-0.15, -0.1) is 0 Å². The standard InChI is InChI=1S/C7H12O3/c1-3-4-6(8)5-7(9)10-2/h3-4,6,8H,5H2,1-2H3. The lowest BCUT2D eigenvalue weighted by atomic mass is 10.2. The van der Waals surface area contributed by atoms with Crippen LogP contribution in [0.25, 0.3) is 0 Å². The van der Waals surface area contributed by atoms with Gasteiger partial charge in [0.1, 0.15) is 0 Å². The number of hydrogen-bond acceptors (Lipinski definition) is 3. The fourth-order valence-corrected chi connectivity index (χ4v) is 0.544. The minimum absolute atomic E-state index is 0.0286. The molecule has 0 radical (unpaired) electrons. The summed E-state index contributed by atoms with van der Waals surface area (Å²) in [4.78, 5) is 10.5. The van der Waals surface area contributed by atoms with Gasteiger partial charge in [-0.1, -0.05) is 12.2 Å². The molecule has 0 aromatic heterocycles. The first-order valence-electron chi connectivity index (χ1n) is 3.08. The van der Waals surface area contributed by atoms with Crippen molar-refractivity contribution in [2.75, 3.05) is 7.11 Å². The number of esters is 1. The van der Waals surface area contributed by atoms with E-state index in [-0.39, 0.29) is 6.42 Å². The first-order valence-corrected chi connectivity index (χ1v) is 3.08. The number of carbonyl (C=O) groups is 1. The van der Waals surface area contributed by atoms with Gasteiger partial charge in [0.15, 0.2) is 0 Å². The molecular weight excluding hydrogens is 132 g/mol. The molecule has 3 nitrogen and oxygen atoms in total. The molecule has 0 aliphatic heterocycles. The first-order chi connectivity index (χ1) is 4.70. The van der Waals surface area contributed by atoms with Crippen LogP contribution in [0.2, 0.25) is 0 Å². The quantitative estimate of drug-likeness (QED) is 0.463. The third kappa shape index (κ3) is 4.09. The third-order valence-electron chi connectivity index (χ3n) is 1.02. The number of aliphatic hydroxyl groups is 1. The van der Waals surface area contributed by atoms with Gasteiger partial charge in [0.2, 0.25) is 0 Å². The van der Waals surface area contributed by atoms with E-state index in [4.69, 9.17) is 5.11 Å². The molecule has 1 atom stereocenters. The zero-order valence-electron chi connectivity index (χ0n) is 6.20. The molecule has 1 N–H and O–H groups in total. The fraction of sp³-hybridized carbons (Fsp3) is 0.571. The molecule has 0 bridgehead atoms. The Kier molecular flexibility index (Phi) is 4.58. The van der Waals surface area contributed by atoms with Gasteiger partial charge in [-0.2, -0.15) is 0 Å². The predicted octanol–water partition coefficient (Wildman–Crippen LogP) is 0.486. The number of allylic oxidation sites excluding steroid dienone is 1. The summed E-state index contributed by atoms with van der Waals surface area (Å²) in [6.07, 6.45) is 2.54. The maximum atomic E-state index is 10.5. The molecule has 0 aliphatic carbocycles. The summed E-state index contributed by atoms with van der Waals surface area (Å²) in [6.45, 7) is 1.78. The molecule has 0 heterocycles. The van der Waals surface area contributed by atoms with Gasteiger partial charge in [0.25, 0.3) is 0 Å². The van der Waals surface area contributed by atoms with E-state index >= 15 is 0 Å². The molecule has 0 fully saturated rings. The molecule has 3 heteroatoms. The van der Waals surface area contributed by atoms with Crippen molar-refractivity contribution in [3.8, 4) is 0 Å². The van der Waals surface area contributed by atoms with Gasteiger partial charge >= 0.3 is 5.97 Å². The highest BCUT2D eigenvalue weighted by Gasteiger charge is 2.05. The third-order valence-corrected chi connectivity index (χ3v) is 1.02. The summed E-state index contributed by atoms with van der Waals surface area (Å²) in [5, 5.41) is 8.96. The van der Waals surface area contributed by atoms with E-state index in [2.05, 4.69) is 4.74 Å². The van der Waals surface area contributed by atoms with Gasteiger partial charge < -0.3 is 9.84 Å². The van der Waals surface area contributed by atoms with Crippen LogP contribution in [-0.4, -0.2) is 24.3 Å². The average Bonchev–Trinajstić information content (AvgIpc) is 1.88. The number of carbonyl (C=O) groups excluding carboxylic acids is 1. The summed E-state index contributed by atoms with van der Waals surface area (Å²) in [5.41, 5.74) is 0. The molecule has 1 unspecified atom stereocenters. The number of hydrogen-bond donors (Lipinski definition) is 1. The fourth-order valence-electron chi connectivity index (χ4n) is 0.544. The molecule has 0 saturated carbocycles. The zero-order valence-corrected chi connectivity index (χ0v) is 6.20. The van der Waals surface area contributed by atoms with Crippen LogP contribution in [0.4, 0.5) is 0 Å². The van der Waals surface area contributed by atoms with Crippen LogP contribution in [0.5, 0.6) is 0 Å². The van der Waals surface area contributed by atoms with Gasteiger partial charge in [0.05, 0.1) is 19.6 Å². The van der Waals surface area contributed by atoms with Crippen molar-refractivity contribution < 1.29 is 14.6 Å². The minimum Gasteiger partial charge on any atom is -0.469 e. The van der Waals surface area contributed by atoms with Crippen LogP contribution in [0.15, 0.2) is 12.2 Å². The van der Waals surface area contributed by atoms with Crippen LogP contribution in [0.3, 0.4) is 0 Å². The summed E-state index contributed by atoms with van der Waals surface area (Å²) in [5.74, 6) is -0.398.